The van der Waals surface area contributed by atoms with Gasteiger partial charge in [0.25, 0.3) is 0 Å². The molecule has 1 heterocycles. The third-order valence-electron chi connectivity index (χ3n) is 3.80. The summed E-state index contributed by atoms with van der Waals surface area (Å²) in [4.78, 5) is 13.4. The normalized spacial score (nSPS) is 10.8. The van der Waals surface area contributed by atoms with Crippen LogP contribution in [0.1, 0.15) is 6.92 Å². The topological polar surface area (TPSA) is 59.8 Å². The van der Waals surface area contributed by atoms with Crippen molar-refractivity contribution in [3.8, 4) is 11.4 Å². The van der Waals surface area contributed by atoms with E-state index in [0.717, 1.165) is 22.0 Å². The van der Waals surface area contributed by atoms with Crippen molar-refractivity contribution in [2.24, 2.45) is 0 Å². The lowest BCUT2D eigenvalue weighted by Gasteiger charge is -2.08. The van der Waals surface area contributed by atoms with E-state index in [4.69, 9.17) is 11.6 Å². The van der Waals surface area contributed by atoms with Crippen LogP contribution in [0.3, 0.4) is 0 Å². The van der Waals surface area contributed by atoms with E-state index in [9.17, 15) is 4.79 Å². The smallest absolute Gasteiger partial charge is 0.234 e. The quantitative estimate of drug-likeness (QED) is 0.542. The number of amides is 1. The first-order valence-electron chi connectivity index (χ1n) is 8.36. The maximum atomic E-state index is 12.3. The molecule has 0 aliphatic carbocycles. The van der Waals surface area contributed by atoms with Crippen LogP contribution in [-0.2, 0) is 11.3 Å². The van der Waals surface area contributed by atoms with E-state index in [2.05, 4.69) is 15.5 Å². The van der Waals surface area contributed by atoms with Crippen molar-refractivity contribution in [3.63, 3.8) is 0 Å². The minimum Gasteiger partial charge on any atom is -0.325 e. The highest BCUT2D eigenvalue weighted by Crippen LogP contribution is 2.26. The van der Waals surface area contributed by atoms with Gasteiger partial charge in [0.1, 0.15) is 0 Å². The molecule has 0 radical (unpaired) electrons. The highest BCUT2D eigenvalue weighted by molar-refractivity contribution is 7.99. The average molecular weight is 419 g/mol. The molecule has 0 saturated carbocycles. The number of nitrogens with one attached hydrogen (secondary N) is 1. The first-order chi connectivity index (χ1) is 13.1. The van der Waals surface area contributed by atoms with Crippen LogP contribution in [0.2, 0.25) is 5.02 Å². The molecule has 3 aromatic rings. The zero-order valence-corrected chi connectivity index (χ0v) is 17.4. The van der Waals surface area contributed by atoms with E-state index in [1.165, 1.54) is 11.8 Å². The van der Waals surface area contributed by atoms with Gasteiger partial charge in [-0.3, -0.25) is 4.79 Å². The summed E-state index contributed by atoms with van der Waals surface area (Å²) in [5, 5.41) is 12.8. The zero-order chi connectivity index (χ0) is 19.2. The number of carbonyl (C=O) groups is 1. The fraction of sp³-hybridized carbons (Fsp3) is 0.211. The van der Waals surface area contributed by atoms with Gasteiger partial charge >= 0.3 is 0 Å². The zero-order valence-electron chi connectivity index (χ0n) is 15.0. The molecular weight excluding hydrogens is 400 g/mol. The maximum absolute atomic E-state index is 12.3. The molecule has 27 heavy (non-hydrogen) atoms. The Hall–Kier alpha value is -1.96. The molecule has 1 amide bonds. The molecule has 1 N–H and O–H groups in total. The molecule has 140 valence electrons. The first-order valence-corrected chi connectivity index (χ1v) is 11.0. The second-order valence-electron chi connectivity index (χ2n) is 5.63. The molecule has 0 saturated heterocycles. The van der Waals surface area contributed by atoms with Gasteiger partial charge < -0.3 is 9.88 Å². The molecule has 0 atom stereocenters. The van der Waals surface area contributed by atoms with Crippen molar-refractivity contribution < 1.29 is 4.79 Å². The molecular formula is C19H19ClN4OS2. The Morgan fingerprint density at radius 1 is 1.19 bits per heavy atom. The van der Waals surface area contributed by atoms with Crippen molar-refractivity contribution in [2.75, 3.05) is 17.3 Å². The number of rotatable bonds is 7. The summed E-state index contributed by atoms with van der Waals surface area (Å²) < 4.78 is 1.98. The number of thioether (sulfide) groups is 2. The number of hydrogen-bond acceptors (Lipinski definition) is 5. The van der Waals surface area contributed by atoms with E-state index < -0.39 is 0 Å². The molecule has 0 fully saturated rings. The summed E-state index contributed by atoms with van der Waals surface area (Å²) in [6.07, 6.45) is 2.01. The van der Waals surface area contributed by atoms with E-state index in [1.54, 1.807) is 11.8 Å². The Morgan fingerprint density at radius 2 is 2.00 bits per heavy atom. The Bertz CT molecular complexity index is 945. The third-order valence-corrected chi connectivity index (χ3v) is 5.73. The number of nitrogens with zero attached hydrogens (tertiary/aromatic N) is 3. The second-order valence-corrected chi connectivity index (χ2v) is 7.89. The van der Waals surface area contributed by atoms with Gasteiger partial charge in [-0.2, -0.15) is 0 Å². The van der Waals surface area contributed by atoms with Crippen LogP contribution in [0, 0.1) is 0 Å². The maximum Gasteiger partial charge on any atom is 0.234 e. The molecule has 5 nitrogen and oxygen atoms in total. The van der Waals surface area contributed by atoms with E-state index in [-0.39, 0.29) is 11.7 Å². The molecule has 0 unspecified atom stereocenters. The van der Waals surface area contributed by atoms with Crippen LogP contribution in [0.15, 0.2) is 58.6 Å². The van der Waals surface area contributed by atoms with Crippen molar-refractivity contribution in [3.05, 3.63) is 53.6 Å². The largest absolute Gasteiger partial charge is 0.325 e. The standard InChI is InChI=1S/C19H19ClN4OS2/c1-3-24-18(13-6-4-7-14(20)10-13)22-23-19(24)27-12-17(25)21-15-8-5-9-16(11-15)26-2/h4-11H,3,12H2,1-2H3,(H,21,25). The number of halogens is 1. The first kappa shape index (κ1) is 19.8. The van der Waals surface area contributed by atoms with Crippen molar-refractivity contribution >= 4 is 46.7 Å². The number of anilines is 1. The van der Waals surface area contributed by atoms with Crippen LogP contribution < -0.4 is 5.32 Å². The Kier molecular flexibility index (Phi) is 6.82. The minimum atomic E-state index is -0.0757. The molecule has 1 aromatic heterocycles. The lowest BCUT2D eigenvalue weighted by molar-refractivity contribution is -0.113. The minimum absolute atomic E-state index is 0.0757. The highest BCUT2D eigenvalue weighted by Gasteiger charge is 2.15. The number of benzene rings is 2. The second kappa shape index (κ2) is 9.30. The lowest BCUT2D eigenvalue weighted by Crippen LogP contribution is -2.14. The molecule has 8 heteroatoms. The summed E-state index contributed by atoms with van der Waals surface area (Å²) in [5.74, 6) is 0.931. The molecule has 3 rings (SSSR count). The average Bonchev–Trinajstić information content (AvgIpc) is 3.09. The van der Waals surface area contributed by atoms with Crippen molar-refractivity contribution in [1.82, 2.24) is 14.8 Å². The fourth-order valence-electron chi connectivity index (χ4n) is 2.55. The van der Waals surface area contributed by atoms with Crippen LogP contribution in [-0.4, -0.2) is 32.7 Å². The van der Waals surface area contributed by atoms with Crippen LogP contribution in [0.25, 0.3) is 11.4 Å². The Labute approximate surface area is 171 Å². The van der Waals surface area contributed by atoms with Gasteiger partial charge in [0, 0.05) is 27.7 Å². The van der Waals surface area contributed by atoms with Crippen LogP contribution in [0.4, 0.5) is 5.69 Å². The van der Waals surface area contributed by atoms with Crippen molar-refractivity contribution in [2.45, 2.75) is 23.5 Å². The molecule has 0 aliphatic rings. The van der Waals surface area contributed by atoms with Gasteiger partial charge in [0.15, 0.2) is 11.0 Å². The monoisotopic (exact) mass is 418 g/mol. The number of aromatic nitrogens is 3. The molecule has 0 aliphatic heterocycles. The molecule has 0 bridgehead atoms. The van der Waals surface area contributed by atoms with Crippen LogP contribution in [0.5, 0.6) is 0 Å². The molecule has 2 aromatic carbocycles. The summed E-state index contributed by atoms with van der Waals surface area (Å²) in [6, 6.07) is 15.3. The lowest BCUT2D eigenvalue weighted by atomic mass is 10.2. The number of carbonyl (C=O) groups excluding carboxylic acids is 1. The molecule has 0 spiro atoms. The summed E-state index contributed by atoms with van der Waals surface area (Å²) in [5.41, 5.74) is 1.70. The summed E-state index contributed by atoms with van der Waals surface area (Å²) >= 11 is 9.09. The van der Waals surface area contributed by atoms with Crippen LogP contribution >= 0.6 is 35.1 Å². The summed E-state index contributed by atoms with van der Waals surface area (Å²) in [7, 11) is 0. The van der Waals surface area contributed by atoms with Crippen molar-refractivity contribution in [1.29, 1.82) is 0 Å². The summed E-state index contributed by atoms with van der Waals surface area (Å²) in [6.45, 7) is 2.73. The van der Waals surface area contributed by atoms with Gasteiger partial charge in [-0.1, -0.05) is 41.6 Å². The SMILES string of the molecule is CCn1c(SCC(=O)Nc2cccc(SC)c2)nnc1-c1cccc(Cl)c1. The van der Waals surface area contributed by atoms with E-state index >= 15 is 0 Å². The van der Waals surface area contributed by atoms with Gasteiger partial charge in [0.2, 0.25) is 5.91 Å². The van der Waals surface area contributed by atoms with Gasteiger partial charge in [-0.15, -0.1) is 22.0 Å². The third kappa shape index (κ3) is 5.06. The Balaban J connectivity index is 1.68. The fourth-order valence-corrected chi connectivity index (χ4v) is 4.00. The predicted octanol–water partition coefficient (Wildman–Crippen LogP) is 5.07. The van der Waals surface area contributed by atoms with Gasteiger partial charge in [-0.25, -0.2) is 0 Å². The van der Waals surface area contributed by atoms with Gasteiger partial charge in [0.05, 0.1) is 5.75 Å². The number of hydrogen-bond donors (Lipinski definition) is 1. The van der Waals surface area contributed by atoms with Gasteiger partial charge in [-0.05, 0) is 43.5 Å². The Morgan fingerprint density at radius 3 is 2.74 bits per heavy atom. The van der Waals surface area contributed by atoms with E-state index in [0.29, 0.717) is 16.7 Å². The predicted molar refractivity (Wildman–Crippen MR) is 114 cm³/mol. The highest BCUT2D eigenvalue weighted by atomic mass is 35.5. The van der Waals surface area contributed by atoms with E-state index in [1.807, 2.05) is 66.3 Å².